The number of rotatable bonds is 5. The average molecular weight is 368 g/mol. The largest absolute Gasteiger partial charge is 0.304 e. The van der Waals surface area contributed by atoms with Crippen molar-refractivity contribution in [3.05, 3.63) is 28.1 Å². The first-order valence-electron chi connectivity index (χ1n) is 7.88. The van der Waals surface area contributed by atoms with Crippen LogP contribution < -0.4 is 10.0 Å². The number of hydrogen-bond acceptors (Lipinski definition) is 5. The molecule has 0 saturated heterocycles. The molecule has 0 aliphatic heterocycles. The second kappa shape index (κ2) is 7.04. The maximum absolute atomic E-state index is 12.3. The van der Waals surface area contributed by atoms with Gasteiger partial charge in [-0.1, -0.05) is 19.3 Å². The maximum atomic E-state index is 12.3. The Morgan fingerprint density at radius 2 is 2.04 bits per heavy atom. The molecule has 0 radical (unpaired) electrons. The first-order valence-corrected chi connectivity index (χ1v) is 10.2. The Balaban J connectivity index is 1.68. The number of carbonyl (C=O) groups excluding carboxylic acids is 1. The van der Waals surface area contributed by atoms with Crippen LogP contribution in [0.4, 0.5) is 5.82 Å². The molecule has 1 fully saturated rings. The van der Waals surface area contributed by atoms with Gasteiger partial charge in [0.2, 0.25) is 10.0 Å². The van der Waals surface area contributed by atoms with E-state index in [0.717, 1.165) is 29.9 Å². The Bertz CT molecular complexity index is 819. The van der Waals surface area contributed by atoms with E-state index in [2.05, 4.69) is 20.2 Å². The highest BCUT2D eigenvalue weighted by Gasteiger charge is 2.20. The van der Waals surface area contributed by atoms with E-state index < -0.39 is 10.0 Å². The van der Waals surface area contributed by atoms with Crippen LogP contribution in [0.5, 0.6) is 0 Å². The van der Waals surface area contributed by atoms with Gasteiger partial charge in [-0.25, -0.2) is 13.1 Å². The molecule has 0 unspecified atom stereocenters. The van der Waals surface area contributed by atoms with Crippen LogP contribution in [0, 0.1) is 0 Å². The van der Waals surface area contributed by atoms with Crippen LogP contribution in [0.2, 0.25) is 0 Å². The summed E-state index contributed by atoms with van der Waals surface area (Å²) >= 11 is 1.08. The first kappa shape index (κ1) is 17.1. The highest BCUT2D eigenvalue weighted by molar-refractivity contribution is 7.89. The lowest BCUT2D eigenvalue weighted by molar-refractivity contribution is 0.103. The van der Waals surface area contributed by atoms with Crippen molar-refractivity contribution >= 4 is 33.1 Å². The molecule has 0 atom stereocenters. The number of thiophene rings is 1. The summed E-state index contributed by atoms with van der Waals surface area (Å²) in [5.74, 6) is 0.581. The van der Waals surface area contributed by atoms with Gasteiger partial charge in [-0.15, -0.1) is 11.3 Å². The van der Waals surface area contributed by atoms with E-state index in [9.17, 15) is 13.2 Å². The zero-order valence-corrected chi connectivity index (χ0v) is 15.0. The summed E-state index contributed by atoms with van der Waals surface area (Å²) in [6, 6.07) is 3.23. The zero-order chi connectivity index (χ0) is 17.2. The van der Waals surface area contributed by atoms with Gasteiger partial charge in [0.1, 0.15) is 0 Å². The highest BCUT2D eigenvalue weighted by Crippen LogP contribution is 2.32. The van der Waals surface area contributed by atoms with Gasteiger partial charge in [-0.3, -0.25) is 9.89 Å². The van der Waals surface area contributed by atoms with Gasteiger partial charge in [0, 0.05) is 23.1 Å². The smallest absolute Gasteiger partial charge is 0.266 e. The predicted molar refractivity (Wildman–Crippen MR) is 92.9 cm³/mol. The van der Waals surface area contributed by atoms with E-state index in [1.807, 2.05) is 6.07 Å². The minimum Gasteiger partial charge on any atom is -0.304 e. The number of hydrogen-bond donors (Lipinski definition) is 3. The number of nitrogens with zero attached hydrogens (tertiary/aromatic N) is 1. The topological polar surface area (TPSA) is 104 Å². The van der Waals surface area contributed by atoms with Crippen molar-refractivity contribution in [2.24, 2.45) is 0 Å². The number of H-pyrrole nitrogens is 1. The number of aromatic nitrogens is 2. The fourth-order valence-corrected chi connectivity index (χ4v) is 4.80. The molecule has 9 heteroatoms. The molecule has 0 aromatic carbocycles. The standard InChI is InChI=1S/C15H20N4O3S2/c1-16-24(21,22)11-7-13(23-9-11)15(20)17-14-8-12(18-19-14)10-5-3-2-4-6-10/h7-10,16H,2-6H2,1H3,(H2,17,18,19,20). The van der Waals surface area contributed by atoms with E-state index in [0.29, 0.717) is 16.6 Å². The predicted octanol–water partition coefficient (Wildman–Crippen LogP) is 2.68. The fourth-order valence-electron chi connectivity index (χ4n) is 2.90. The van der Waals surface area contributed by atoms with Gasteiger partial charge >= 0.3 is 0 Å². The van der Waals surface area contributed by atoms with Crippen LogP contribution in [-0.4, -0.2) is 31.6 Å². The average Bonchev–Trinajstić information content (AvgIpc) is 3.25. The molecule has 1 aliphatic rings. The van der Waals surface area contributed by atoms with Crippen LogP contribution in [0.15, 0.2) is 22.4 Å². The lowest BCUT2D eigenvalue weighted by Gasteiger charge is -2.19. The monoisotopic (exact) mass is 368 g/mol. The summed E-state index contributed by atoms with van der Waals surface area (Å²) in [5, 5.41) is 11.3. The van der Waals surface area contributed by atoms with Crippen molar-refractivity contribution in [3.63, 3.8) is 0 Å². The second-order valence-electron chi connectivity index (χ2n) is 5.85. The van der Waals surface area contributed by atoms with Crippen molar-refractivity contribution in [3.8, 4) is 0 Å². The highest BCUT2D eigenvalue weighted by atomic mass is 32.2. The van der Waals surface area contributed by atoms with Gasteiger partial charge < -0.3 is 5.32 Å². The second-order valence-corrected chi connectivity index (χ2v) is 8.65. The Morgan fingerprint density at radius 3 is 2.75 bits per heavy atom. The SMILES string of the molecule is CNS(=O)(=O)c1csc(C(=O)Nc2cc(C3CCCCC3)[nH]n2)c1. The minimum atomic E-state index is -3.54. The molecule has 3 rings (SSSR count). The Hall–Kier alpha value is -1.71. The van der Waals surface area contributed by atoms with Gasteiger partial charge in [0.05, 0.1) is 9.77 Å². The molecule has 130 valence electrons. The Labute approximate surface area is 144 Å². The molecular weight excluding hydrogens is 348 g/mol. The molecule has 2 aromatic rings. The van der Waals surface area contributed by atoms with E-state index >= 15 is 0 Å². The lowest BCUT2D eigenvalue weighted by atomic mass is 9.87. The number of amides is 1. The van der Waals surface area contributed by atoms with Crippen molar-refractivity contribution in [1.29, 1.82) is 0 Å². The molecule has 24 heavy (non-hydrogen) atoms. The molecule has 1 aliphatic carbocycles. The number of aromatic amines is 1. The summed E-state index contributed by atoms with van der Waals surface area (Å²) in [7, 11) is -2.20. The molecule has 3 N–H and O–H groups in total. The molecular formula is C15H20N4O3S2. The molecule has 1 saturated carbocycles. The van der Waals surface area contributed by atoms with Crippen LogP contribution in [0.3, 0.4) is 0 Å². The third kappa shape index (κ3) is 3.68. The lowest BCUT2D eigenvalue weighted by Crippen LogP contribution is -2.18. The van der Waals surface area contributed by atoms with Crippen molar-refractivity contribution in [2.45, 2.75) is 42.9 Å². The van der Waals surface area contributed by atoms with Crippen LogP contribution in [-0.2, 0) is 10.0 Å². The van der Waals surface area contributed by atoms with Gasteiger partial charge in [0.15, 0.2) is 5.82 Å². The van der Waals surface area contributed by atoms with E-state index in [4.69, 9.17) is 0 Å². The van der Waals surface area contributed by atoms with Crippen LogP contribution in [0.1, 0.15) is 53.4 Å². The Morgan fingerprint density at radius 1 is 1.29 bits per heavy atom. The molecule has 2 aromatic heterocycles. The van der Waals surface area contributed by atoms with E-state index in [-0.39, 0.29) is 10.8 Å². The minimum absolute atomic E-state index is 0.0880. The van der Waals surface area contributed by atoms with E-state index in [1.165, 1.54) is 37.8 Å². The molecule has 2 heterocycles. The number of anilines is 1. The summed E-state index contributed by atoms with van der Waals surface area (Å²) in [6.07, 6.45) is 6.02. The van der Waals surface area contributed by atoms with Crippen molar-refractivity contribution < 1.29 is 13.2 Å². The maximum Gasteiger partial charge on any atom is 0.266 e. The number of carbonyl (C=O) groups is 1. The van der Waals surface area contributed by atoms with Gasteiger partial charge in [0.25, 0.3) is 5.91 Å². The van der Waals surface area contributed by atoms with Gasteiger partial charge in [-0.05, 0) is 26.0 Å². The molecule has 7 nitrogen and oxygen atoms in total. The molecule has 1 amide bonds. The van der Waals surface area contributed by atoms with Gasteiger partial charge in [-0.2, -0.15) is 5.10 Å². The third-order valence-electron chi connectivity index (χ3n) is 4.26. The normalized spacial score (nSPS) is 16.2. The quantitative estimate of drug-likeness (QED) is 0.755. The summed E-state index contributed by atoms with van der Waals surface area (Å²) in [4.78, 5) is 12.7. The summed E-state index contributed by atoms with van der Waals surface area (Å²) in [6.45, 7) is 0. The number of sulfonamides is 1. The molecule has 0 spiro atoms. The summed E-state index contributed by atoms with van der Waals surface area (Å²) < 4.78 is 25.7. The summed E-state index contributed by atoms with van der Waals surface area (Å²) in [5.41, 5.74) is 1.05. The molecule has 0 bridgehead atoms. The fraction of sp³-hybridized carbons (Fsp3) is 0.467. The van der Waals surface area contributed by atoms with Crippen molar-refractivity contribution in [2.75, 3.05) is 12.4 Å². The zero-order valence-electron chi connectivity index (χ0n) is 13.3. The number of nitrogens with one attached hydrogen (secondary N) is 3. The first-order chi connectivity index (χ1) is 11.5. The van der Waals surface area contributed by atoms with Crippen molar-refractivity contribution in [1.82, 2.24) is 14.9 Å². The third-order valence-corrected chi connectivity index (χ3v) is 6.73. The van der Waals surface area contributed by atoms with Crippen LogP contribution >= 0.6 is 11.3 Å². The Kier molecular flexibility index (Phi) is 5.02. The van der Waals surface area contributed by atoms with E-state index in [1.54, 1.807) is 0 Å². The van der Waals surface area contributed by atoms with Crippen LogP contribution in [0.25, 0.3) is 0 Å².